The summed E-state index contributed by atoms with van der Waals surface area (Å²) in [6, 6.07) is 0. The zero-order valence-corrected chi connectivity index (χ0v) is 9.82. The quantitative estimate of drug-likeness (QED) is 0.384. The lowest BCUT2D eigenvalue weighted by atomic mass is 10.3. The summed E-state index contributed by atoms with van der Waals surface area (Å²) in [5.41, 5.74) is 0. The molecule has 0 aliphatic rings. The van der Waals surface area contributed by atoms with Crippen molar-refractivity contribution in [3.8, 4) is 0 Å². The summed E-state index contributed by atoms with van der Waals surface area (Å²) in [6.07, 6.45) is 1.87. The van der Waals surface area contributed by atoms with Crippen LogP contribution in [0.2, 0.25) is 13.1 Å². The Hall–Kier alpha value is -0.833. The number of carbonyl (C=O) groups excluding carboxylic acids is 1. The Morgan fingerprint density at radius 3 is 2.46 bits per heavy atom. The third kappa shape index (κ3) is 4.08. The number of rotatable bonds is 5. The van der Waals surface area contributed by atoms with E-state index in [1.807, 2.05) is 6.92 Å². The Morgan fingerprint density at radius 1 is 1.62 bits per heavy atom. The molecule has 0 aliphatic carbocycles. The normalized spacial score (nSPS) is 12.3. The van der Waals surface area contributed by atoms with Crippen LogP contribution >= 0.6 is 0 Å². The third-order valence-corrected chi connectivity index (χ3v) is 3.81. The SMILES string of the molecule is C=CC(=O)OC(CC)C(=C)[SiH](C)C. The Bertz CT molecular complexity index is 209. The summed E-state index contributed by atoms with van der Waals surface area (Å²) >= 11 is 0. The van der Waals surface area contributed by atoms with Crippen LogP contribution in [-0.2, 0) is 9.53 Å². The van der Waals surface area contributed by atoms with E-state index in [0.29, 0.717) is 0 Å². The molecule has 0 aromatic heterocycles. The van der Waals surface area contributed by atoms with Gasteiger partial charge in [-0.25, -0.2) is 4.79 Å². The van der Waals surface area contributed by atoms with Crippen LogP contribution in [0.15, 0.2) is 24.4 Å². The Kier molecular flexibility index (Phi) is 5.38. The molecular weight excluding hydrogens is 180 g/mol. The van der Waals surface area contributed by atoms with Gasteiger partial charge in [0.2, 0.25) is 0 Å². The summed E-state index contributed by atoms with van der Waals surface area (Å²) in [5, 5.41) is 1.10. The maximum Gasteiger partial charge on any atom is 0.330 e. The molecule has 0 radical (unpaired) electrons. The van der Waals surface area contributed by atoms with Crippen LogP contribution in [0, 0.1) is 0 Å². The summed E-state index contributed by atoms with van der Waals surface area (Å²) < 4.78 is 5.15. The standard InChI is InChI=1S/C10H18O2Si/c1-6-9(8(3)13(4)5)12-10(11)7-2/h7,9,13H,2-3,6H2,1,4-5H3. The van der Waals surface area contributed by atoms with Crippen LogP contribution in [-0.4, -0.2) is 20.9 Å². The second-order valence-electron chi connectivity index (χ2n) is 3.27. The number of esters is 1. The zero-order chi connectivity index (χ0) is 10.4. The lowest BCUT2D eigenvalue weighted by molar-refractivity contribution is -0.141. The summed E-state index contributed by atoms with van der Waals surface area (Å²) in [6.45, 7) is 13.7. The molecular formula is C10H18O2Si. The number of hydrogen-bond donors (Lipinski definition) is 0. The first-order valence-electron chi connectivity index (χ1n) is 4.54. The Labute approximate surface area is 81.9 Å². The van der Waals surface area contributed by atoms with Crippen LogP contribution < -0.4 is 0 Å². The average Bonchev–Trinajstić information content (AvgIpc) is 2.12. The minimum atomic E-state index is -0.916. The molecule has 0 spiro atoms. The van der Waals surface area contributed by atoms with E-state index in [1.165, 1.54) is 6.08 Å². The van der Waals surface area contributed by atoms with E-state index >= 15 is 0 Å². The van der Waals surface area contributed by atoms with Gasteiger partial charge in [0.05, 0.1) is 8.80 Å². The molecule has 0 amide bonds. The first kappa shape index (κ1) is 12.2. The minimum absolute atomic E-state index is 0.114. The van der Waals surface area contributed by atoms with Gasteiger partial charge >= 0.3 is 5.97 Å². The maximum atomic E-state index is 10.9. The topological polar surface area (TPSA) is 26.3 Å². The van der Waals surface area contributed by atoms with Crippen molar-refractivity contribution < 1.29 is 9.53 Å². The van der Waals surface area contributed by atoms with E-state index in [4.69, 9.17) is 4.74 Å². The smallest absolute Gasteiger partial charge is 0.330 e. The molecule has 0 rings (SSSR count). The monoisotopic (exact) mass is 198 g/mol. The van der Waals surface area contributed by atoms with Gasteiger partial charge < -0.3 is 4.74 Å². The highest BCUT2D eigenvalue weighted by Gasteiger charge is 2.16. The van der Waals surface area contributed by atoms with Gasteiger partial charge in [-0.05, 0) is 6.42 Å². The number of carbonyl (C=O) groups is 1. The van der Waals surface area contributed by atoms with Gasteiger partial charge in [-0.2, -0.15) is 0 Å². The molecule has 1 atom stereocenters. The summed E-state index contributed by atoms with van der Waals surface area (Å²) in [7, 11) is -0.916. The molecule has 13 heavy (non-hydrogen) atoms. The first-order chi connectivity index (χ1) is 6.02. The van der Waals surface area contributed by atoms with E-state index in [2.05, 4.69) is 26.3 Å². The van der Waals surface area contributed by atoms with Gasteiger partial charge in [0.15, 0.2) is 0 Å². The predicted octanol–water partition coefficient (Wildman–Crippen LogP) is 2.08. The Morgan fingerprint density at radius 2 is 2.15 bits per heavy atom. The van der Waals surface area contributed by atoms with Gasteiger partial charge in [-0.1, -0.05) is 31.8 Å². The lowest BCUT2D eigenvalue weighted by Crippen LogP contribution is -2.24. The fourth-order valence-electron chi connectivity index (χ4n) is 0.981. The molecule has 0 saturated carbocycles. The second-order valence-corrected chi connectivity index (χ2v) is 6.32. The highest BCUT2D eigenvalue weighted by atomic mass is 28.3. The third-order valence-electron chi connectivity index (χ3n) is 1.95. The maximum absolute atomic E-state index is 10.9. The van der Waals surface area contributed by atoms with Gasteiger partial charge in [0.25, 0.3) is 0 Å². The van der Waals surface area contributed by atoms with E-state index in [-0.39, 0.29) is 12.1 Å². The highest BCUT2D eigenvalue weighted by Crippen LogP contribution is 2.12. The summed E-state index contributed by atoms with van der Waals surface area (Å²) in [4.78, 5) is 10.9. The van der Waals surface area contributed by atoms with Crippen molar-refractivity contribution in [2.45, 2.75) is 32.5 Å². The molecule has 0 fully saturated rings. The van der Waals surface area contributed by atoms with Crippen LogP contribution in [0.25, 0.3) is 0 Å². The molecule has 0 N–H and O–H groups in total. The van der Waals surface area contributed by atoms with Crippen LogP contribution in [0.4, 0.5) is 0 Å². The number of ether oxygens (including phenoxy) is 1. The molecule has 0 saturated heterocycles. The molecule has 0 bridgehead atoms. The molecule has 74 valence electrons. The van der Waals surface area contributed by atoms with Gasteiger partial charge in [0, 0.05) is 6.08 Å². The van der Waals surface area contributed by atoms with E-state index in [0.717, 1.165) is 11.6 Å². The summed E-state index contributed by atoms with van der Waals surface area (Å²) in [5.74, 6) is -0.359. The van der Waals surface area contributed by atoms with Crippen molar-refractivity contribution in [2.24, 2.45) is 0 Å². The van der Waals surface area contributed by atoms with E-state index < -0.39 is 8.80 Å². The van der Waals surface area contributed by atoms with E-state index in [9.17, 15) is 4.79 Å². The molecule has 0 aromatic rings. The molecule has 0 heterocycles. The molecule has 1 unspecified atom stereocenters. The van der Waals surface area contributed by atoms with Gasteiger partial charge in [-0.3, -0.25) is 0 Å². The van der Waals surface area contributed by atoms with Crippen molar-refractivity contribution in [1.82, 2.24) is 0 Å². The van der Waals surface area contributed by atoms with Crippen LogP contribution in [0.3, 0.4) is 0 Å². The highest BCUT2D eigenvalue weighted by molar-refractivity contribution is 6.64. The average molecular weight is 198 g/mol. The molecule has 0 aromatic carbocycles. The first-order valence-corrected chi connectivity index (χ1v) is 7.43. The second kappa shape index (κ2) is 5.75. The van der Waals surface area contributed by atoms with Crippen LogP contribution in [0.1, 0.15) is 13.3 Å². The lowest BCUT2D eigenvalue weighted by Gasteiger charge is -2.19. The zero-order valence-electron chi connectivity index (χ0n) is 8.67. The largest absolute Gasteiger partial charge is 0.455 e. The minimum Gasteiger partial charge on any atom is -0.455 e. The van der Waals surface area contributed by atoms with Crippen molar-refractivity contribution in [2.75, 3.05) is 0 Å². The van der Waals surface area contributed by atoms with Crippen molar-refractivity contribution in [3.63, 3.8) is 0 Å². The molecule has 0 aliphatic heterocycles. The van der Waals surface area contributed by atoms with Crippen LogP contribution in [0.5, 0.6) is 0 Å². The number of hydrogen-bond acceptors (Lipinski definition) is 2. The van der Waals surface area contributed by atoms with E-state index in [1.54, 1.807) is 0 Å². The molecule has 3 heteroatoms. The van der Waals surface area contributed by atoms with Crippen molar-refractivity contribution in [1.29, 1.82) is 0 Å². The van der Waals surface area contributed by atoms with Gasteiger partial charge in [-0.15, -0.1) is 6.58 Å². The fourth-order valence-corrected chi connectivity index (χ4v) is 2.03. The Balaban J connectivity index is 4.26. The fraction of sp³-hybridized carbons (Fsp3) is 0.500. The van der Waals surface area contributed by atoms with Gasteiger partial charge in [0.1, 0.15) is 6.10 Å². The van der Waals surface area contributed by atoms with Crippen molar-refractivity contribution >= 4 is 14.8 Å². The predicted molar refractivity (Wildman–Crippen MR) is 58.4 cm³/mol. The van der Waals surface area contributed by atoms with Crippen molar-refractivity contribution in [3.05, 3.63) is 24.4 Å². The molecule has 2 nitrogen and oxygen atoms in total.